The lowest BCUT2D eigenvalue weighted by Crippen LogP contribution is -2.30. The van der Waals surface area contributed by atoms with E-state index in [4.69, 9.17) is 0 Å². The van der Waals surface area contributed by atoms with E-state index in [0.29, 0.717) is 11.3 Å². The molecule has 130 valence electrons. The van der Waals surface area contributed by atoms with Crippen LogP contribution in [0, 0.1) is 6.92 Å². The summed E-state index contributed by atoms with van der Waals surface area (Å²) < 4.78 is 0. The first-order chi connectivity index (χ1) is 12.6. The predicted molar refractivity (Wildman–Crippen MR) is 106 cm³/mol. The Morgan fingerprint density at radius 2 is 1.65 bits per heavy atom. The molecule has 2 aromatic carbocycles. The van der Waals surface area contributed by atoms with Gasteiger partial charge in [-0.05, 0) is 48.2 Å². The van der Waals surface area contributed by atoms with Crippen molar-refractivity contribution >= 4 is 34.9 Å². The van der Waals surface area contributed by atoms with Gasteiger partial charge in [0, 0.05) is 16.1 Å². The van der Waals surface area contributed by atoms with Gasteiger partial charge in [-0.15, -0.1) is 11.3 Å². The highest BCUT2D eigenvalue weighted by Gasteiger charge is 2.15. The van der Waals surface area contributed by atoms with Gasteiger partial charge in [-0.1, -0.05) is 42.5 Å². The minimum atomic E-state index is -0.364. The molecule has 0 aliphatic carbocycles. The van der Waals surface area contributed by atoms with Crippen LogP contribution in [0.4, 0.5) is 5.69 Å². The summed E-state index contributed by atoms with van der Waals surface area (Å²) in [4.78, 5) is 26.1. The van der Waals surface area contributed by atoms with Crippen molar-refractivity contribution in [3.8, 4) is 0 Å². The summed E-state index contributed by atoms with van der Waals surface area (Å²) in [5.41, 5.74) is 2.35. The maximum absolute atomic E-state index is 12.8. The zero-order chi connectivity index (χ0) is 18.4. The molecule has 0 aliphatic heterocycles. The minimum absolute atomic E-state index is 0.199. The smallest absolute Gasteiger partial charge is 0.272 e. The van der Waals surface area contributed by atoms with Gasteiger partial charge in [0.2, 0.25) is 0 Å². The summed E-state index contributed by atoms with van der Waals surface area (Å²) in [5, 5.41) is 7.51. The Bertz CT molecular complexity index is 932. The summed E-state index contributed by atoms with van der Waals surface area (Å²) in [6, 6.07) is 20.1. The second kappa shape index (κ2) is 8.27. The first-order valence-corrected chi connectivity index (χ1v) is 9.00. The highest BCUT2D eigenvalue weighted by molar-refractivity contribution is 7.10. The molecule has 3 rings (SSSR count). The van der Waals surface area contributed by atoms with Crippen LogP contribution < -0.4 is 10.6 Å². The second-order valence-corrected chi connectivity index (χ2v) is 6.64. The van der Waals surface area contributed by atoms with E-state index >= 15 is 0 Å². The molecule has 5 heteroatoms. The van der Waals surface area contributed by atoms with Gasteiger partial charge < -0.3 is 10.6 Å². The molecule has 0 bridgehead atoms. The van der Waals surface area contributed by atoms with Gasteiger partial charge >= 0.3 is 0 Å². The Morgan fingerprint density at radius 1 is 0.923 bits per heavy atom. The van der Waals surface area contributed by atoms with Crippen molar-refractivity contribution < 1.29 is 9.59 Å². The molecule has 0 spiro atoms. The van der Waals surface area contributed by atoms with Gasteiger partial charge in [0.15, 0.2) is 0 Å². The van der Waals surface area contributed by atoms with E-state index in [0.717, 1.165) is 10.4 Å². The molecule has 3 aromatic rings. The van der Waals surface area contributed by atoms with E-state index in [1.165, 1.54) is 11.3 Å². The van der Waals surface area contributed by atoms with Crippen LogP contribution in [0.3, 0.4) is 0 Å². The van der Waals surface area contributed by atoms with Gasteiger partial charge in [-0.3, -0.25) is 9.59 Å². The number of hydrogen-bond donors (Lipinski definition) is 2. The summed E-state index contributed by atoms with van der Waals surface area (Å²) in [6.07, 6.45) is 1.68. The molecule has 1 heterocycles. The van der Waals surface area contributed by atoms with Gasteiger partial charge in [-0.2, -0.15) is 0 Å². The van der Waals surface area contributed by atoms with Crippen LogP contribution in [-0.4, -0.2) is 11.8 Å². The largest absolute Gasteiger partial charge is 0.320 e. The van der Waals surface area contributed by atoms with Gasteiger partial charge in [0.05, 0.1) is 0 Å². The number of benzene rings is 2. The summed E-state index contributed by atoms with van der Waals surface area (Å²) in [5.74, 6) is -0.690. The Morgan fingerprint density at radius 3 is 2.35 bits per heavy atom. The normalized spacial score (nSPS) is 11.0. The maximum Gasteiger partial charge on any atom is 0.272 e. The van der Waals surface area contributed by atoms with Crippen LogP contribution in [0.25, 0.3) is 6.08 Å². The Kier molecular flexibility index (Phi) is 5.61. The van der Waals surface area contributed by atoms with E-state index in [1.54, 1.807) is 30.3 Å². The Hall–Kier alpha value is -3.18. The number of carbonyl (C=O) groups is 2. The number of amides is 2. The van der Waals surface area contributed by atoms with Gasteiger partial charge in [0.25, 0.3) is 11.8 Å². The van der Waals surface area contributed by atoms with Crippen molar-refractivity contribution in [1.29, 1.82) is 0 Å². The predicted octanol–water partition coefficient (Wildman–Crippen LogP) is 4.47. The minimum Gasteiger partial charge on any atom is -0.320 e. The lowest BCUT2D eigenvalue weighted by molar-refractivity contribution is -0.113. The topological polar surface area (TPSA) is 58.2 Å². The van der Waals surface area contributed by atoms with Crippen LogP contribution >= 0.6 is 11.3 Å². The third kappa shape index (κ3) is 4.46. The van der Waals surface area contributed by atoms with Crippen LogP contribution in [0.2, 0.25) is 0 Å². The molecular formula is C21H18N2O2S. The molecule has 0 unspecified atom stereocenters. The zero-order valence-electron chi connectivity index (χ0n) is 14.2. The lowest BCUT2D eigenvalue weighted by Gasteiger charge is -2.12. The highest BCUT2D eigenvalue weighted by Crippen LogP contribution is 2.17. The number of aryl methyl sites for hydroxylation is 1. The zero-order valence-corrected chi connectivity index (χ0v) is 15.0. The molecule has 26 heavy (non-hydrogen) atoms. The van der Waals surface area contributed by atoms with Crippen molar-refractivity contribution in [2.24, 2.45) is 0 Å². The van der Waals surface area contributed by atoms with E-state index < -0.39 is 0 Å². The molecule has 2 amide bonds. The molecule has 0 fully saturated rings. The average molecular weight is 362 g/mol. The Labute approximate surface area is 156 Å². The molecule has 0 atom stereocenters. The highest BCUT2D eigenvalue weighted by atomic mass is 32.1. The number of rotatable bonds is 5. The van der Waals surface area contributed by atoms with Gasteiger partial charge in [0.1, 0.15) is 5.70 Å². The number of hydrogen-bond acceptors (Lipinski definition) is 3. The molecular weight excluding hydrogens is 344 g/mol. The first-order valence-electron chi connectivity index (χ1n) is 8.12. The van der Waals surface area contributed by atoms with Crippen molar-refractivity contribution in [2.75, 3.05) is 5.32 Å². The van der Waals surface area contributed by atoms with Crippen molar-refractivity contribution in [3.05, 3.63) is 93.8 Å². The van der Waals surface area contributed by atoms with E-state index in [2.05, 4.69) is 10.6 Å². The van der Waals surface area contributed by atoms with Crippen LogP contribution in [0.1, 0.15) is 20.8 Å². The quantitative estimate of drug-likeness (QED) is 0.658. The lowest BCUT2D eigenvalue weighted by atomic mass is 10.2. The molecule has 2 N–H and O–H groups in total. The van der Waals surface area contributed by atoms with E-state index in [-0.39, 0.29) is 17.5 Å². The summed E-state index contributed by atoms with van der Waals surface area (Å²) in [6.45, 7) is 1.92. The van der Waals surface area contributed by atoms with E-state index in [1.807, 2.05) is 54.8 Å². The summed E-state index contributed by atoms with van der Waals surface area (Å²) in [7, 11) is 0. The third-order valence-corrected chi connectivity index (χ3v) is 4.57. The molecule has 4 nitrogen and oxygen atoms in total. The monoisotopic (exact) mass is 362 g/mol. The fraction of sp³-hybridized carbons (Fsp3) is 0.0476. The number of thiophene rings is 1. The molecule has 0 saturated heterocycles. The first kappa shape index (κ1) is 17.6. The number of carbonyl (C=O) groups excluding carboxylic acids is 2. The van der Waals surface area contributed by atoms with Crippen LogP contribution in [-0.2, 0) is 4.79 Å². The van der Waals surface area contributed by atoms with E-state index in [9.17, 15) is 9.59 Å². The van der Waals surface area contributed by atoms with Crippen LogP contribution in [0.5, 0.6) is 0 Å². The average Bonchev–Trinajstić information content (AvgIpc) is 3.17. The fourth-order valence-electron chi connectivity index (χ4n) is 2.36. The third-order valence-electron chi connectivity index (χ3n) is 3.75. The number of anilines is 1. The molecule has 0 radical (unpaired) electrons. The molecule has 1 aromatic heterocycles. The van der Waals surface area contributed by atoms with Crippen LogP contribution in [0.15, 0.2) is 77.8 Å². The SMILES string of the molecule is Cc1ccccc1NC(=O)/C(=C\c1cccs1)NC(=O)c1ccccc1. The number of nitrogens with one attached hydrogen (secondary N) is 2. The van der Waals surface area contributed by atoms with Crippen molar-refractivity contribution in [1.82, 2.24) is 5.32 Å². The number of para-hydroxylation sites is 1. The van der Waals surface area contributed by atoms with Crippen molar-refractivity contribution in [2.45, 2.75) is 6.92 Å². The summed E-state index contributed by atoms with van der Waals surface area (Å²) >= 11 is 1.49. The van der Waals surface area contributed by atoms with Crippen molar-refractivity contribution in [3.63, 3.8) is 0 Å². The Balaban J connectivity index is 1.85. The second-order valence-electron chi connectivity index (χ2n) is 5.66. The maximum atomic E-state index is 12.8. The standard InChI is InChI=1S/C21H18N2O2S/c1-15-8-5-6-12-18(15)22-21(25)19(14-17-11-7-13-26-17)23-20(24)16-9-3-2-4-10-16/h2-14H,1H3,(H,22,25)(H,23,24)/b19-14+. The molecule has 0 aliphatic rings. The van der Waals surface area contributed by atoms with Gasteiger partial charge in [-0.25, -0.2) is 0 Å². The molecule has 0 saturated carbocycles. The fourth-order valence-corrected chi connectivity index (χ4v) is 3.02.